The van der Waals surface area contributed by atoms with E-state index in [0.717, 1.165) is 19.4 Å². The van der Waals surface area contributed by atoms with Gasteiger partial charge in [-0.25, -0.2) is 0 Å². The Kier molecular flexibility index (Phi) is 6.57. The molecular weight excluding hydrogens is 276 g/mol. The SMILES string of the molecule is C[C@H](C(=O)N(C)C)N(C)Cc1ccc(CCC(C)(C)O)cc1. The predicted molar refractivity (Wildman–Crippen MR) is 90.7 cm³/mol. The molecule has 22 heavy (non-hydrogen) atoms. The number of hydrogen-bond donors (Lipinski definition) is 1. The summed E-state index contributed by atoms with van der Waals surface area (Å²) in [6, 6.07) is 8.28. The molecule has 0 heterocycles. The van der Waals surface area contributed by atoms with Crippen LogP contribution in [0.5, 0.6) is 0 Å². The van der Waals surface area contributed by atoms with Crippen LogP contribution in [0.15, 0.2) is 24.3 Å². The van der Waals surface area contributed by atoms with Crippen molar-refractivity contribution in [2.45, 2.75) is 51.8 Å². The van der Waals surface area contributed by atoms with Crippen LogP contribution in [0.1, 0.15) is 38.3 Å². The van der Waals surface area contributed by atoms with E-state index in [4.69, 9.17) is 0 Å². The van der Waals surface area contributed by atoms with Gasteiger partial charge in [-0.15, -0.1) is 0 Å². The lowest BCUT2D eigenvalue weighted by molar-refractivity contribution is -0.133. The summed E-state index contributed by atoms with van der Waals surface area (Å²) in [6.07, 6.45) is 1.62. The van der Waals surface area contributed by atoms with Crippen LogP contribution in [0, 0.1) is 0 Å². The van der Waals surface area contributed by atoms with Crippen molar-refractivity contribution in [1.82, 2.24) is 9.80 Å². The Labute approximate surface area is 134 Å². The lowest BCUT2D eigenvalue weighted by Gasteiger charge is -2.26. The third-order valence-corrected chi connectivity index (χ3v) is 3.94. The fourth-order valence-corrected chi connectivity index (χ4v) is 2.25. The quantitative estimate of drug-likeness (QED) is 0.840. The smallest absolute Gasteiger partial charge is 0.239 e. The molecule has 1 atom stereocenters. The predicted octanol–water partition coefficient (Wildman–Crippen LogP) is 2.30. The van der Waals surface area contributed by atoms with Crippen LogP contribution in [0.3, 0.4) is 0 Å². The molecule has 124 valence electrons. The lowest BCUT2D eigenvalue weighted by atomic mass is 9.98. The zero-order valence-corrected chi connectivity index (χ0v) is 14.8. The highest BCUT2D eigenvalue weighted by Gasteiger charge is 2.19. The third kappa shape index (κ3) is 6.16. The maximum absolute atomic E-state index is 12.0. The standard InChI is InChI=1S/C18H30N2O2/c1-14(17(21)19(4)5)20(6)13-16-9-7-15(8-10-16)11-12-18(2,3)22/h7-10,14,22H,11-13H2,1-6H3/t14-/m1/s1. The molecule has 1 rings (SSSR count). The summed E-state index contributed by atoms with van der Waals surface area (Å²) in [5, 5.41) is 9.77. The van der Waals surface area contributed by atoms with Crippen molar-refractivity contribution >= 4 is 5.91 Å². The van der Waals surface area contributed by atoms with Crippen molar-refractivity contribution in [3.8, 4) is 0 Å². The Morgan fingerprint density at radius 1 is 1.14 bits per heavy atom. The van der Waals surface area contributed by atoms with Gasteiger partial charge in [0.05, 0.1) is 11.6 Å². The number of carbonyl (C=O) groups excluding carboxylic acids is 1. The van der Waals surface area contributed by atoms with Gasteiger partial charge >= 0.3 is 0 Å². The van der Waals surface area contributed by atoms with Gasteiger partial charge in [0.15, 0.2) is 0 Å². The fraction of sp³-hybridized carbons (Fsp3) is 0.611. The molecule has 0 bridgehead atoms. The summed E-state index contributed by atoms with van der Waals surface area (Å²) in [6.45, 7) is 6.34. The van der Waals surface area contributed by atoms with Crippen LogP contribution in [-0.4, -0.2) is 53.6 Å². The second-order valence-electron chi connectivity index (χ2n) is 6.95. The number of rotatable bonds is 7. The normalized spacial score (nSPS) is 13.3. The molecule has 0 aliphatic carbocycles. The molecule has 1 N–H and O–H groups in total. The van der Waals surface area contributed by atoms with Gasteiger partial charge in [0.25, 0.3) is 0 Å². The largest absolute Gasteiger partial charge is 0.390 e. The molecule has 0 aliphatic rings. The Morgan fingerprint density at radius 2 is 1.64 bits per heavy atom. The summed E-state index contributed by atoms with van der Waals surface area (Å²) < 4.78 is 0. The number of nitrogens with zero attached hydrogens (tertiary/aromatic N) is 2. The number of benzene rings is 1. The van der Waals surface area contributed by atoms with Gasteiger partial charge < -0.3 is 10.0 Å². The second kappa shape index (κ2) is 7.75. The monoisotopic (exact) mass is 306 g/mol. The number of hydrogen-bond acceptors (Lipinski definition) is 3. The van der Waals surface area contributed by atoms with E-state index in [0.29, 0.717) is 0 Å². The molecule has 0 fully saturated rings. The van der Waals surface area contributed by atoms with Crippen LogP contribution < -0.4 is 0 Å². The minimum atomic E-state index is -0.624. The number of carbonyl (C=O) groups is 1. The summed E-state index contributed by atoms with van der Waals surface area (Å²) >= 11 is 0. The average Bonchev–Trinajstić information content (AvgIpc) is 2.44. The third-order valence-electron chi connectivity index (χ3n) is 3.94. The number of likely N-dealkylation sites (N-methyl/N-ethyl adjacent to an activating group) is 2. The van der Waals surface area contributed by atoms with E-state index in [1.165, 1.54) is 11.1 Å². The van der Waals surface area contributed by atoms with E-state index in [-0.39, 0.29) is 11.9 Å². The number of aliphatic hydroxyl groups is 1. The molecule has 0 unspecified atom stereocenters. The molecule has 1 aromatic rings. The van der Waals surface area contributed by atoms with Gasteiger partial charge in [0.1, 0.15) is 0 Å². The highest BCUT2D eigenvalue weighted by Crippen LogP contribution is 2.15. The maximum atomic E-state index is 12.0. The Hall–Kier alpha value is -1.39. The van der Waals surface area contributed by atoms with Gasteiger partial charge in [-0.3, -0.25) is 9.69 Å². The second-order valence-corrected chi connectivity index (χ2v) is 6.95. The first-order valence-corrected chi connectivity index (χ1v) is 7.82. The van der Waals surface area contributed by atoms with E-state index in [1.807, 2.05) is 32.7 Å². The fourth-order valence-electron chi connectivity index (χ4n) is 2.25. The summed E-state index contributed by atoms with van der Waals surface area (Å²) in [5.74, 6) is 0.115. The maximum Gasteiger partial charge on any atom is 0.239 e. The van der Waals surface area contributed by atoms with Gasteiger partial charge in [-0.2, -0.15) is 0 Å². The Bertz CT molecular complexity index is 475. The number of amides is 1. The van der Waals surface area contributed by atoms with E-state index in [1.54, 1.807) is 19.0 Å². The van der Waals surface area contributed by atoms with Gasteiger partial charge in [0.2, 0.25) is 5.91 Å². The molecule has 0 radical (unpaired) electrons. The first-order chi connectivity index (χ1) is 10.1. The molecule has 1 aromatic carbocycles. The Balaban J connectivity index is 2.58. The summed E-state index contributed by atoms with van der Waals surface area (Å²) in [5.41, 5.74) is 1.79. The molecule has 0 saturated carbocycles. The van der Waals surface area contributed by atoms with Crippen LogP contribution in [-0.2, 0) is 17.8 Å². The van der Waals surface area contributed by atoms with E-state index >= 15 is 0 Å². The zero-order valence-electron chi connectivity index (χ0n) is 14.8. The minimum absolute atomic E-state index is 0.115. The number of aryl methyl sites for hydroxylation is 1. The average molecular weight is 306 g/mol. The van der Waals surface area contributed by atoms with Gasteiger partial charge in [-0.1, -0.05) is 24.3 Å². The van der Waals surface area contributed by atoms with Crippen molar-refractivity contribution < 1.29 is 9.90 Å². The molecule has 0 aliphatic heterocycles. The topological polar surface area (TPSA) is 43.8 Å². The molecule has 4 heteroatoms. The lowest BCUT2D eigenvalue weighted by Crippen LogP contribution is -2.42. The van der Waals surface area contributed by atoms with E-state index in [2.05, 4.69) is 24.3 Å². The molecule has 4 nitrogen and oxygen atoms in total. The van der Waals surface area contributed by atoms with Crippen molar-refractivity contribution in [2.75, 3.05) is 21.1 Å². The highest BCUT2D eigenvalue weighted by atomic mass is 16.3. The zero-order chi connectivity index (χ0) is 16.9. The van der Waals surface area contributed by atoms with Crippen molar-refractivity contribution in [3.05, 3.63) is 35.4 Å². The van der Waals surface area contributed by atoms with Crippen LogP contribution >= 0.6 is 0 Å². The summed E-state index contributed by atoms with van der Waals surface area (Å²) in [7, 11) is 5.53. The summed E-state index contributed by atoms with van der Waals surface area (Å²) in [4.78, 5) is 15.6. The van der Waals surface area contributed by atoms with Crippen molar-refractivity contribution in [3.63, 3.8) is 0 Å². The first kappa shape index (κ1) is 18.7. The minimum Gasteiger partial charge on any atom is -0.390 e. The van der Waals surface area contributed by atoms with Crippen molar-refractivity contribution in [1.29, 1.82) is 0 Å². The van der Waals surface area contributed by atoms with Gasteiger partial charge in [-0.05, 0) is 51.8 Å². The molecule has 0 saturated heterocycles. The van der Waals surface area contributed by atoms with Gasteiger partial charge in [0, 0.05) is 20.6 Å². The van der Waals surface area contributed by atoms with Crippen LogP contribution in [0.25, 0.3) is 0 Å². The van der Waals surface area contributed by atoms with Crippen LogP contribution in [0.2, 0.25) is 0 Å². The molecule has 0 spiro atoms. The highest BCUT2D eigenvalue weighted by molar-refractivity contribution is 5.80. The first-order valence-electron chi connectivity index (χ1n) is 7.82. The van der Waals surface area contributed by atoms with E-state index < -0.39 is 5.60 Å². The Morgan fingerprint density at radius 3 is 2.09 bits per heavy atom. The molecule has 1 amide bonds. The molecular formula is C18H30N2O2. The van der Waals surface area contributed by atoms with Crippen LogP contribution in [0.4, 0.5) is 0 Å². The van der Waals surface area contributed by atoms with E-state index in [9.17, 15) is 9.90 Å². The van der Waals surface area contributed by atoms with Crippen molar-refractivity contribution in [2.24, 2.45) is 0 Å². The molecule has 0 aromatic heterocycles.